The molecule has 0 atom stereocenters. The van der Waals surface area contributed by atoms with Gasteiger partial charge in [0.1, 0.15) is 5.82 Å². The quantitative estimate of drug-likeness (QED) is 0.616. The lowest BCUT2D eigenvalue weighted by atomic mass is 10.2. The summed E-state index contributed by atoms with van der Waals surface area (Å²) in [5.41, 5.74) is 1.91. The Kier molecular flexibility index (Phi) is 3.70. The molecule has 124 valence electrons. The van der Waals surface area contributed by atoms with E-state index >= 15 is 0 Å². The summed E-state index contributed by atoms with van der Waals surface area (Å²) in [6.45, 7) is 2.44. The van der Waals surface area contributed by atoms with Gasteiger partial charge in [0, 0.05) is 18.5 Å². The minimum Gasteiger partial charge on any atom is -0.304 e. The van der Waals surface area contributed by atoms with Crippen molar-refractivity contribution in [3.05, 3.63) is 71.9 Å². The number of carbonyl (C=O) groups is 1. The SMILES string of the molecule is Cc1cc(NC(=O)c2nc3ncccn3n2)n(Cc2ccccc2)n1. The topological polar surface area (TPSA) is 90.0 Å². The van der Waals surface area contributed by atoms with Gasteiger partial charge in [-0.2, -0.15) is 10.1 Å². The van der Waals surface area contributed by atoms with Gasteiger partial charge in [-0.05, 0) is 18.6 Å². The van der Waals surface area contributed by atoms with Crippen LogP contribution >= 0.6 is 0 Å². The van der Waals surface area contributed by atoms with Crippen molar-refractivity contribution in [1.82, 2.24) is 29.4 Å². The first-order valence-electron chi connectivity index (χ1n) is 7.76. The zero-order valence-corrected chi connectivity index (χ0v) is 13.5. The molecule has 8 heteroatoms. The molecule has 0 aliphatic heterocycles. The van der Waals surface area contributed by atoms with Crippen molar-refractivity contribution in [1.29, 1.82) is 0 Å². The molecule has 0 bridgehead atoms. The molecule has 1 amide bonds. The van der Waals surface area contributed by atoms with E-state index < -0.39 is 5.91 Å². The normalized spacial score (nSPS) is 10.9. The number of hydrogen-bond acceptors (Lipinski definition) is 5. The Bertz CT molecular complexity index is 1000. The Balaban J connectivity index is 1.58. The number of carbonyl (C=O) groups excluding carboxylic acids is 1. The number of amides is 1. The van der Waals surface area contributed by atoms with Crippen LogP contribution in [0.15, 0.2) is 54.9 Å². The molecule has 25 heavy (non-hydrogen) atoms. The fourth-order valence-corrected chi connectivity index (χ4v) is 2.52. The van der Waals surface area contributed by atoms with E-state index in [2.05, 4.69) is 25.5 Å². The molecule has 0 saturated carbocycles. The molecule has 4 aromatic rings. The summed E-state index contributed by atoms with van der Waals surface area (Å²) in [6, 6.07) is 13.5. The van der Waals surface area contributed by atoms with Crippen LogP contribution < -0.4 is 5.32 Å². The smallest absolute Gasteiger partial charge is 0.296 e. The summed E-state index contributed by atoms with van der Waals surface area (Å²) in [5.74, 6) is 0.628. The summed E-state index contributed by atoms with van der Waals surface area (Å²) >= 11 is 0. The first-order valence-corrected chi connectivity index (χ1v) is 7.76. The van der Waals surface area contributed by atoms with Crippen LogP contribution in [0.1, 0.15) is 21.9 Å². The van der Waals surface area contributed by atoms with Gasteiger partial charge >= 0.3 is 0 Å². The van der Waals surface area contributed by atoms with Gasteiger partial charge in [0.15, 0.2) is 0 Å². The molecule has 8 nitrogen and oxygen atoms in total. The third kappa shape index (κ3) is 3.09. The molecular weight excluding hydrogens is 318 g/mol. The maximum Gasteiger partial charge on any atom is 0.296 e. The lowest BCUT2D eigenvalue weighted by Crippen LogP contribution is -2.17. The maximum absolute atomic E-state index is 12.5. The summed E-state index contributed by atoms with van der Waals surface area (Å²) in [6.07, 6.45) is 3.29. The van der Waals surface area contributed by atoms with Crippen LogP contribution in [0.3, 0.4) is 0 Å². The second-order valence-electron chi connectivity index (χ2n) is 5.57. The van der Waals surface area contributed by atoms with Crippen molar-refractivity contribution >= 4 is 17.5 Å². The van der Waals surface area contributed by atoms with E-state index in [1.165, 1.54) is 4.52 Å². The number of rotatable bonds is 4. The largest absolute Gasteiger partial charge is 0.304 e. The standard InChI is InChI=1S/C17H15N7O/c1-12-10-14(24(21-12)11-13-6-3-2-4-7-13)19-16(25)15-20-17-18-8-5-9-23(17)22-15/h2-10H,11H2,1H3,(H,19,25). The molecule has 1 N–H and O–H groups in total. The van der Waals surface area contributed by atoms with E-state index in [9.17, 15) is 4.79 Å². The first kappa shape index (κ1) is 15.0. The number of nitrogens with zero attached hydrogens (tertiary/aromatic N) is 6. The Morgan fingerprint density at radius 2 is 2.00 bits per heavy atom. The lowest BCUT2D eigenvalue weighted by molar-refractivity contribution is 0.101. The third-order valence-corrected chi connectivity index (χ3v) is 3.64. The van der Waals surface area contributed by atoms with E-state index in [4.69, 9.17) is 0 Å². The number of benzene rings is 1. The highest BCUT2D eigenvalue weighted by Gasteiger charge is 2.16. The Labute approximate surface area is 143 Å². The summed E-state index contributed by atoms with van der Waals surface area (Å²) in [5, 5.41) is 11.4. The van der Waals surface area contributed by atoms with Crippen LogP contribution in [-0.2, 0) is 6.54 Å². The van der Waals surface area contributed by atoms with Crippen molar-refractivity contribution in [2.45, 2.75) is 13.5 Å². The van der Waals surface area contributed by atoms with E-state index in [0.29, 0.717) is 18.1 Å². The van der Waals surface area contributed by atoms with E-state index in [0.717, 1.165) is 11.3 Å². The number of aryl methyl sites for hydroxylation is 1. The summed E-state index contributed by atoms with van der Waals surface area (Å²) in [7, 11) is 0. The summed E-state index contributed by atoms with van der Waals surface area (Å²) in [4.78, 5) is 20.7. The molecule has 0 fully saturated rings. The van der Waals surface area contributed by atoms with Gasteiger partial charge in [0.2, 0.25) is 5.82 Å². The Hall–Kier alpha value is -3.55. The van der Waals surface area contributed by atoms with Gasteiger partial charge in [-0.3, -0.25) is 4.79 Å². The molecule has 0 spiro atoms. The average molecular weight is 333 g/mol. The number of fused-ring (bicyclic) bond motifs is 1. The van der Waals surface area contributed by atoms with E-state index in [-0.39, 0.29) is 5.82 Å². The zero-order valence-electron chi connectivity index (χ0n) is 13.5. The molecule has 0 radical (unpaired) electrons. The predicted molar refractivity (Wildman–Crippen MR) is 91.2 cm³/mol. The van der Waals surface area contributed by atoms with E-state index in [1.807, 2.05) is 43.3 Å². The van der Waals surface area contributed by atoms with Crippen LogP contribution in [0.2, 0.25) is 0 Å². The molecule has 0 unspecified atom stereocenters. The van der Waals surface area contributed by atoms with Gasteiger partial charge in [-0.15, -0.1) is 5.10 Å². The van der Waals surface area contributed by atoms with E-state index in [1.54, 1.807) is 23.1 Å². The van der Waals surface area contributed by atoms with Crippen molar-refractivity contribution in [3.63, 3.8) is 0 Å². The lowest BCUT2D eigenvalue weighted by Gasteiger charge is -2.07. The van der Waals surface area contributed by atoms with Crippen LogP contribution in [0.4, 0.5) is 5.82 Å². The molecule has 0 saturated heterocycles. The Morgan fingerprint density at radius 1 is 1.16 bits per heavy atom. The van der Waals surface area contributed by atoms with Gasteiger partial charge in [0.25, 0.3) is 11.7 Å². The van der Waals surface area contributed by atoms with Crippen molar-refractivity contribution < 1.29 is 4.79 Å². The number of anilines is 1. The fraction of sp³-hybridized carbons (Fsp3) is 0.118. The molecule has 4 rings (SSSR count). The van der Waals surface area contributed by atoms with Gasteiger partial charge < -0.3 is 5.32 Å². The number of nitrogens with one attached hydrogen (secondary N) is 1. The molecule has 1 aromatic carbocycles. The van der Waals surface area contributed by atoms with Gasteiger partial charge in [-0.1, -0.05) is 30.3 Å². The number of hydrogen-bond donors (Lipinski definition) is 1. The minimum atomic E-state index is -0.403. The fourth-order valence-electron chi connectivity index (χ4n) is 2.52. The van der Waals surface area contributed by atoms with Crippen molar-refractivity contribution in [2.75, 3.05) is 5.32 Å². The molecular formula is C17H15N7O. The highest BCUT2D eigenvalue weighted by molar-refractivity contribution is 6.01. The molecule has 0 aliphatic rings. The van der Waals surface area contributed by atoms with Gasteiger partial charge in [0.05, 0.1) is 12.2 Å². The van der Waals surface area contributed by atoms with Gasteiger partial charge in [-0.25, -0.2) is 14.2 Å². The van der Waals surface area contributed by atoms with Crippen LogP contribution in [0.5, 0.6) is 0 Å². The molecule has 3 aromatic heterocycles. The zero-order chi connectivity index (χ0) is 17.2. The Morgan fingerprint density at radius 3 is 2.80 bits per heavy atom. The highest BCUT2D eigenvalue weighted by Crippen LogP contribution is 2.14. The van der Waals surface area contributed by atoms with Crippen LogP contribution in [-0.4, -0.2) is 35.3 Å². The number of aromatic nitrogens is 6. The summed E-state index contributed by atoms with van der Waals surface area (Å²) < 4.78 is 3.21. The highest BCUT2D eigenvalue weighted by atomic mass is 16.2. The van der Waals surface area contributed by atoms with Crippen molar-refractivity contribution in [3.8, 4) is 0 Å². The monoisotopic (exact) mass is 333 g/mol. The van der Waals surface area contributed by atoms with Crippen LogP contribution in [0, 0.1) is 6.92 Å². The maximum atomic E-state index is 12.5. The predicted octanol–water partition coefficient (Wildman–Crippen LogP) is 1.93. The first-order chi connectivity index (χ1) is 12.2. The van der Waals surface area contributed by atoms with Crippen molar-refractivity contribution in [2.24, 2.45) is 0 Å². The molecule has 0 aliphatic carbocycles. The average Bonchev–Trinajstić information content (AvgIpc) is 3.19. The minimum absolute atomic E-state index is 0.0591. The molecule has 3 heterocycles. The second kappa shape index (κ2) is 6.16. The third-order valence-electron chi connectivity index (χ3n) is 3.64. The van der Waals surface area contributed by atoms with Crippen LogP contribution in [0.25, 0.3) is 5.78 Å². The second-order valence-corrected chi connectivity index (χ2v) is 5.57.